The van der Waals surface area contributed by atoms with Gasteiger partial charge in [-0.15, -0.1) is 0 Å². The molecule has 1 amide bonds. The second-order valence-electron chi connectivity index (χ2n) is 9.80. The van der Waals surface area contributed by atoms with E-state index in [0.717, 1.165) is 65.9 Å². The Labute approximate surface area is 216 Å². The van der Waals surface area contributed by atoms with Gasteiger partial charge in [0.1, 0.15) is 17.1 Å². The summed E-state index contributed by atoms with van der Waals surface area (Å²) in [4.78, 5) is 27.8. The van der Waals surface area contributed by atoms with Gasteiger partial charge < -0.3 is 19.3 Å². The lowest BCUT2D eigenvalue weighted by Crippen LogP contribution is -2.46. The van der Waals surface area contributed by atoms with Gasteiger partial charge in [0.05, 0.1) is 25.8 Å². The summed E-state index contributed by atoms with van der Waals surface area (Å²) in [6.45, 7) is 7.48. The second kappa shape index (κ2) is 9.94. The molecule has 3 aromatic carbocycles. The van der Waals surface area contributed by atoms with Gasteiger partial charge in [-0.05, 0) is 67.4 Å². The molecule has 2 aliphatic rings. The van der Waals surface area contributed by atoms with Crippen LogP contribution < -0.4 is 14.4 Å². The van der Waals surface area contributed by atoms with Crippen LogP contribution >= 0.6 is 0 Å². The molecule has 0 radical (unpaired) electrons. The number of ether oxygens (including phenoxy) is 3. The fourth-order valence-corrected chi connectivity index (χ4v) is 5.43. The number of carbonyl (C=O) groups excluding carboxylic acids is 1. The average molecular weight is 505 g/mol. The number of hydrogen-bond donors (Lipinski definition) is 1. The van der Waals surface area contributed by atoms with Gasteiger partial charge in [-0.25, -0.2) is 9.59 Å². The monoisotopic (exact) mass is 504 g/mol. The fraction of sp³-hybridized carbons (Fsp3) is 0.379. The van der Waals surface area contributed by atoms with E-state index in [1.165, 1.54) is 12.1 Å². The molecule has 0 saturated carbocycles. The summed E-state index contributed by atoms with van der Waals surface area (Å²) in [5.41, 5.74) is 2.61. The zero-order valence-electron chi connectivity index (χ0n) is 21.5. The van der Waals surface area contributed by atoms with E-state index in [4.69, 9.17) is 19.3 Å². The van der Waals surface area contributed by atoms with Crippen molar-refractivity contribution in [2.75, 3.05) is 38.3 Å². The zero-order chi connectivity index (χ0) is 26.2. The largest absolute Gasteiger partial charge is 0.496 e. The van der Waals surface area contributed by atoms with Crippen molar-refractivity contribution in [1.82, 2.24) is 4.90 Å². The first-order valence-electron chi connectivity index (χ1n) is 12.6. The van der Waals surface area contributed by atoms with E-state index in [9.17, 15) is 9.59 Å². The molecule has 0 bridgehead atoms. The van der Waals surface area contributed by atoms with Crippen molar-refractivity contribution < 1.29 is 28.9 Å². The van der Waals surface area contributed by atoms with Gasteiger partial charge in [-0.3, -0.25) is 9.80 Å². The molecule has 37 heavy (non-hydrogen) atoms. The highest BCUT2D eigenvalue weighted by atomic mass is 16.6. The summed E-state index contributed by atoms with van der Waals surface area (Å²) < 4.78 is 17.6. The maximum Gasteiger partial charge on any atom is 0.415 e. The molecular formula is C29H32N2O6. The van der Waals surface area contributed by atoms with Crippen LogP contribution in [0, 0.1) is 6.92 Å². The number of piperidine rings is 1. The minimum absolute atomic E-state index is 0.188. The Morgan fingerprint density at radius 2 is 1.81 bits per heavy atom. The Bertz CT molecular complexity index is 1330. The number of carboxylic acids is 1. The highest BCUT2D eigenvalue weighted by molar-refractivity contribution is 5.96. The Morgan fingerprint density at radius 1 is 1.08 bits per heavy atom. The number of amides is 1. The SMILES string of the molecule is CCOc1cc(CN2CCC3(CC2)CN(c2ccc(C(=O)O)cc2)C(=O)O3)cc2c(OC)ccc(C)c12. The highest BCUT2D eigenvalue weighted by Gasteiger charge is 2.47. The lowest BCUT2D eigenvalue weighted by Gasteiger charge is -2.37. The molecule has 0 unspecified atom stereocenters. The lowest BCUT2D eigenvalue weighted by molar-refractivity contribution is -0.000987. The minimum Gasteiger partial charge on any atom is -0.496 e. The number of likely N-dealkylation sites (tertiary alicyclic amines) is 1. The third-order valence-electron chi connectivity index (χ3n) is 7.40. The molecule has 0 aromatic heterocycles. The first-order chi connectivity index (χ1) is 17.8. The molecule has 1 spiro atoms. The van der Waals surface area contributed by atoms with Crippen molar-refractivity contribution >= 4 is 28.5 Å². The Hall–Kier alpha value is -3.78. The number of carboxylic acid groups (broad SMARTS) is 1. The molecular weight excluding hydrogens is 472 g/mol. The van der Waals surface area contributed by atoms with Crippen LogP contribution in [0.25, 0.3) is 10.8 Å². The summed E-state index contributed by atoms with van der Waals surface area (Å²) in [6.07, 6.45) is 1.09. The van der Waals surface area contributed by atoms with Gasteiger partial charge in [-0.2, -0.15) is 0 Å². The molecule has 1 N–H and O–H groups in total. The lowest BCUT2D eigenvalue weighted by atomic mass is 9.90. The molecule has 2 fully saturated rings. The first kappa shape index (κ1) is 24.9. The normalized spacial score (nSPS) is 17.3. The number of benzene rings is 3. The van der Waals surface area contributed by atoms with Crippen LogP contribution in [0.5, 0.6) is 11.5 Å². The number of nitrogens with zero attached hydrogens (tertiary/aromatic N) is 2. The van der Waals surface area contributed by atoms with Crippen molar-refractivity contribution in [3.05, 3.63) is 65.2 Å². The Balaban J connectivity index is 1.29. The van der Waals surface area contributed by atoms with Gasteiger partial charge in [0.2, 0.25) is 0 Å². The number of hydrogen-bond acceptors (Lipinski definition) is 6. The molecule has 194 valence electrons. The Kier molecular flexibility index (Phi) is 6.69. The number of aromatic carboxylic acids is 1. The van der Waals surface area contributed by atoms with E-state index in [1.54, 1.807) is 24.1 Å². The van der Waals surface area contributed by atoms with E-state index in [0.29, 0.717) is 18.8 Å². The van der Waals surface area contributed by atoms with Crippen LogP contribution in [0.3, 0.4) is 0 Å². The quantitative estimate of drug-likeness (QED) is 0.470. The van der Waals surface area contributed by atoms with Gasteiger partial charge in [-0.1, -0.05) is 6.07 Å². The highest BCUT2D eigenvalue weighted by Crippen LogP contribution is 2.39. The van der Waals surface area contributed by atoms with Crippen molar-refractivity contribution in [3.63, 3.8) is 0 Å². The predicted octanol–water partition coefficient (Wildman–Crippen LogP) is 5.25. The van der Waals surface area contributed by atoms with E-state index in [1.807, 2.05) is 13.0 Å². The van der Waals surface area contributed by atoms with Crippen LogP contribution in [-0.4, -0.2) is 61.0 Å². The van der Waals surface area contributed by atoms with Crippen LogP contribution in [-0.2, 0) is 11.3 Å². The Morgan fingerprint density at radius 3 is 2.46 bits per heavy atom. The van der Waals surface area contributed by atoms with E-state index < -0.39 is 11.6 Å². The van der Waals surface area contributed by atoms with Gasteiger partial charge in [0.25, 0.3) is 0 Å². The van der Waals surface area contributed by atoms with Crippen LogP contribution in [0.4, 0.5) is 10.5 Å². The third kappa shape index (κ3) is 4.81. The summed E-state index contributed by atoms with van der Waals surface area (Å²) in [5.74, 6) is 0.706. The predicted molar refractivity (Wildman–Crippen MR) is 141 cm³/mol. The minimum atomic E-state index is -0.993. The molecule has 0 atom stereocenters. The van der Waals surface area contributed by atoms with Gasteiger partial charge in [0, 0.05) is 48.9 Å². The summed E-state index contributed by atoms with van der Waals surface area (Å²) in [7, 11) is 1.69. The maximum absolute atomic E-state index is 12.7. The molecule has 5 rings (SSSR count). The number of aryl methyl sites for hydroxylation is 1. The third-order valence-corrected chi connectivity index (χ3v) is 7.40. The molecule has 0 aliphatic carbocycles. The summed E-state index contributed by atoms with van der Waals surface area (Å²) in [5, 5.41) is 11.3. The number of fused-ring (bicyclic) bond motifs is 1. The molecule has 8 heteroatoms. The van der Waals surface area contributed by atoms with Crippen molar-refractivity contribution in [3.8, 4) is 11.5 Å². The van der Waals surface area contributed by atoms with Gasteiger partial charge >= 0.3 is 12.1 Å². The van der Waals surface area contributed by atoms with Crippen molar-refractivity contribution in [1.29, 1.82) is 0 Å². The topological polar surface area (TPSA) is 88.5 Å². The van der Waals surface area contributed by atoms with E-state index in [2.05, 4.69) is 30.0 Å². The van der Waals surface area contributed by atoms with Crippen LogP contribution in [0.15, 0.2) is 48.5 Å². The van der Waals surface area contributed by atoms with E-state index >= 15 is 0 Å². The molecule has 2 heterocycles. The fourth-order valence-electron chi connectivity index (χ4n) is 5.43. The second-order valence-corrected chi connectivity index (χ2v) is 9.80. The molecule has 3 aromatic rings. The number of methoxy groups -OCH3 is 1. The maximum atomic E-state index is 12.7. The number of rotatable bonds is 7. The molecule has 8 nitrogen and oxygen atoms in total. The molecule has 2 aliphatic heterocycles. The van der Waals surface area contributed by atoms with Gasteiger partial charge in [0.15, 0.2) is 0 Å². The zero-order valence-corrected chi connectivity index (χ0v) is 21.5. The average Bonchev–Trinajstić information content (AvgIpc) is 3.21. The molecule has 2 saturated heterocycles. The summed E-state index contributed by atoms with van der Waals surface area (Å²) in [6, 6.07) is 14.7. The number of anilines is 1. The standard InChI is InChI=1S/C29H32N2O6/c1-4-36-25-16-20(15-23-24(35-3)10-5-19(2)26(23)25)17-30-13-11-29(12-14-30)18-31(28(34)37-29)22-8-6-21(7-9-22)27(32)33/h5-10,15-16H,4,11-14,17-18H2,1-3H3,(H,32,33). The summed E-state index contributed by atoms with van der Waals surface area (Å²) >= 11 is 0. The first-order valence-corrected chi connectivity index (χ1v) is 12.6. The van der Waals surface area contributed by atoms with Crippen molar-refractivity contribution in [2.45, 2.75) is 38.8 Å². The van der Waals surface area contributed by atoms with Crippen LogP contribution in [0.2, 0.25) is 0 Å². The van der Waals surface area contributed by atoms with E-state index in [-0.39, 0.29) is 11.7 Å². The van der Waals surface area contributed by atoms with Crippen LogP contribution in [0.1, 0.15) is 41.3 Å². The number of carbonyl (C=O) groups is 2. The smallest absolute Gasteiger partial charge is 0.415 e. The van der Waals surface area contributed by atoms with Crippen molar-refractivity contribution in [2.24, 2.45) is 0 Å².